The highest BCUT2D eigenvalue weighted by atomic mass is 35.5. The number of hydrazone groups is 1. The quantitative estimate of drug-likeness (QED) is 0.295. The van der Waals surface area contributed by atoms with Gasteiger partial charge in [-0.05, 0) is 60.7 Å². The number of guanidine groups is 1. The van der Waals surface area contributed by atoms with E-state index >= 15 is 0 Å². The van der Waals surface area contributed by atoms with Crippen molar-refractivity contribution in [1.82, 2.24) is 5.12 Å². The number of hydrogen-bond donors (Lipinski definition) is 3. The normalized spacial score (nSPS) is 16.2. The summed E-state index contributed by atoms with van der Waals surface area (Å²) in [6.07, 6.45) is 0. The van der Waals surface area contributed by atoms with Crippen LogP contribution < -0.4 is 17.2 Å². The van der Waals surface area contributed by atoms with Crippen LogP contribution in [0.5, 0.6) is 0 Å². The Hall–Kier alpha value is -3.86. The molecule has 0 radical (unpaired) electrons. The molecule has 11 nitrogen and oxygen atoms in total. The van der Waals surface area contributed by atoms with Crippen LogP contribution in [0.15, 0.2) is 79.2 Å². The van der Waals surface area contributed by atoms with Crippen LogP contribution in [0.2, 0.25) is 0 Å². The molecule has 0 fully saturated rings. The molecule has 2 aromatic rings. The number of halogens is 1. The van der Waals surface area contributed by atoms with Crippen LogP contribution in [-0.2, 0) is 4.79 Å². The van der Waals surface area contributed by atoms with Crippen LogP contribution in [0.3, 0.4) is 0 Å². The summed E-state index contributed by atoms with van der Waals surface area (Å²) in [6.45, 7) is 1.67. The largest absolute Gasteiger partial charge is 0.399 e. The first-order valence-corrected chi connectivity index (χ1v) is 8.19. The molecule has 1 heterocycles. The number of azo groups is 1. The van der Waals surface area contributed by atoms with Crippen LogP contribution in [0.4, 0.5) is 22.7 Å². The summed E-state index contributed by atoms with van der Waals surface area (Å²) in [5, 5.41) is 20.9. The van der Waals surface area contributed by atoms with Crippen LogP contribution in [-0.4, -0.2) is 28.7 Å². The summed E-state index contributed by atoms with van der Waals surface area (Å²) in [6, 6.07) is 12.6. The van der Waals surface area contributed by atoms with Crippen LogP contribution in [0.25, 0.3) is 0 Å². The fourth-order valence-electron chi connectivity index (χ4n) is 2.24. The minimum Gasteiger partial charge on any atom is -0.399 e. The molecule has 1 aliphatic rings. The predicted molar refractivity (Wildman–Crippen MR) is 113 cm³/mol. The van der Waals surface area contributed by atoms with Crippen LogP contribution >= 0.6 is 12.4 Å². The van der Waals surface area contributed by atoms with E-state index in [1.807, 2.05) is 0 Å². The number of carbonyl (C=O) groups is 1. The third kappa shape index (κ3) is 5.56. The molecule has 0 aromatic heterocycles. The molecule has 6 N–H and O–H groups in total. The maximum absolute atomic E-state index is 12.4. The van der Waals surface area contributed by atoms with E-state index in [9.17, 15) is 4.79 Å². The molecule has 150 valence electrons. The molecule has 0 spiro atoms. The van der Waals surface area contributed by atoms with Crippen molar-refractivity contribution in [2.24, 2.45) is 42.1 Å². The summed E-state index contributed by atoms with van der Waals surface area (Å²) >= 11 is 0. The summed E-state index contributed by atoms with van der Waals surface area (Å²) < 4.78 is 0. The van der Waals surface area contributed by atoms with E-state index in [4.69, 9.17) is 17.2 Å². The number of aliphatic imine (C=N–C) groups is 1. The van der Waals surface area contributed by atoms with Crippen molar-refractivity contribution >= 4 is 52.7 Å². The molecule has 1 unspecified atom stereocenters. The fraction of sp³-hybridized carbons (Fsp3) is 0.118. The average molecular weight is 415 g/mol. The van der Waals surface area contributed by atoms with E-state index in [1.165, 1.54) is 0 Å². The van der Waals surface area contributed by atoms with E-state index in [0.717, 1.165) is 5.12 Å². The van der Waals surface area contributed by atoms with Gasteiger partial charge in [-0.15, -0.1) is 17.5 Å². The van der Waals surface area contributed by atoms with Crippen molar-refractivity contribution in [3.63, 3.8) is 0 Å². The van der Waals surface area contributed by atoms with E-state index in [2.05, 4.69) is 30.7 Å². The molecule has 3 rings (SSSR count). The first kappa shape index (κ1) is 21.4. The molecular weight excluding hydrogens is 396 g/mol. The molecule has 1 atom stereocenters. The minimum absolute atomic E-state index is 0. The lowest BCUT2D eigenvalue weighted by molar-refractivity contribution is -0.130. The number of carbonyl (C=O) groups excluding carboxylic acids is 1. The number of nitrogens with two attached hydrogens (primary N) is 3. The highest BCUT2D eigenvalue weighted by Gasteiger charge is 2.34. The van der Waals surface area contributed by atoms with Gasteiger partial charge in [-0.25, -0.2) is 4.99 Å². The first-order valence-electron chi connectivity index (χ1n) is 8.19. The zero-order valence-corrected chi connectivity index (χ0v) is 16.2. The van der Waals surface area contributed by atoms with Gasteiger partial charge in [0.05, 0.1) is 22.8 Å². The number of anilines is 1. The molecule has 0 saturated heterocycles. The highest BCUT2D eigenvalue weighted by Crippen LogP contribution is 2.22. The first-order chi connectivity index (χ1) is 13.4. The fourth-order valence-corrected chi connectivity index (χ4v) is 2.24. The van der Waals surface area contributed by atoms with Crippen molar-refractivity contribution in [3.05, 3.63) is 48.5 Å². The Balaban J connectivity index is 0.00000300. The zero-order valence-electron chi connectivity index (χ0n) is 15.4. The van der Waals surface area contributed by atoms with Gasteiger partial charge in [-0.1, -0.05) is 5.12 Å². The van der Waals surface area contributed by atoms with Gasteiger partial charge in [0.25, 0.3) is 5.91 Å². The van der Waals surface area contributed by atoms with Gasteiger partial charge in [0, 0.05) is 5.69 Å². The number of amides is 1. The number of nitrogens with zero attached hydrogens (tertiary/aromatic N) is 7. The van der Waals surface area contributed by atoms with Gasteiger partial charge < -0.3 is 17.2 Å². The Morgan fingerprint density at radius 1 is 0.966 bits per heavy atom. The van der Waals surface area contributed by atoms with E-state index in [-0.39, 0.29) is 18.4 Å². The van der Waals surface area contributed by atoms with Crippen molar-refractivity contribution in [1.29, 1.82) is 0 Å². The SMILES string of the molecule is CC1=NN(N=Nc2ccc(N)cc2)C(=O)C1N=Nc1ccc(N=C(N)N)cc1.Cl. The molecule has 29 heavy (non-hydrogen) atoms. The summed E-state index contributed by atoms with van der Waals surface area (Å²) in [4.78, 5) is 16.3. The van der Waals surface area contributed by atoms with Gasteiger partial charge in [-0.2, -0.15) is 15.3 Å². The standard InChI is InChI=1S/C17H18N10O.ClH/c1-10-15(24-22-13-8-6-12(7-9-13)21-17(19)20)16(28)27(25-10)26-23-14-4-2-11(18)3-5-14;/h2-9,15H,18H2,1H3,(H4,19,20,21);1H. The molecule has 2 aromatic carbocycles. The average Bonchev–Trinajstić information content (AvgIpc) is 2.93. The van der Waals surface area contributed by atoms with Crippen LogP contribution in [0, 0.1) is 0 Å². The molecule has 1 amide bonds. The molecular formula is C17H19ClN10O. The van der Waals surface area contributed by atoms with Gasteiger partial charge >= 0.3 is 0 Å². The van der Waals surface area contributed by atoms with E-state index in [1.54, 1.807) is 55.5 Å². The lowest BCUT2D eigenvalue weighted by atomic mass is 10.2. The molecule has 0 saturated carbocycles. The Kier molecular flexibility index (Phi) is 6.93. The lowest BCUT2D eigenvalue weighted by Gasteiger charge is -2.04. The Labute approximate surface area is 172 Å². The summed E-state index contributed by atoms with van der Waals surface area (Å²) in [7, 11) is 0. The maximum atomic E-state index is 12.4. The second-order valence-electron chi connectivity index (χ2n) is 5.82. The van der Waals surface area contributed by atoms with E-state index in [0.29, 0.717) is 28.5 Å². The maximum Gasteiger partial charge on any atom is 0.298 e. The number of benzene rings is 2. The summed E-state index contributed by atoms with van der Waals surface area (Å²) in [5.74, 6) is -0.483. The second kappa shape index (κ2) is 9.37. The second-order valence-corrected chi connectivity index (χ2v) is 5.82. The molecule has 12 heteroatoms. The Morgan fingerprint density at radius 2 is 1.52 bits per heavy atom. The lowest BCUT2D eigenvalue weighted by Crippen LogP contribution is -2.26. The van der Waals surface area contributed by atoms with Gasteiger partial charge in [0.1, 0.15) is 0 Å². The number of nitrogen functional groups attached to an aromatic ring is 1. The Bertz CT molecular complexity index is 978. The molecule has 0 aliphatic carbocycles. The van der Waals surface area contributed by atoms with Crippen molar-refractivity contribution < 1.29 is 4.79 Å². The van der Waals surface area contributed by atoms with Crippen LogP contribution in [0.1, 0.15) is 6.92 Å². The van der Waals surface area contributed by atoms with Gasteiger partial charge in [0.2, 0.25) is 0 Å². The third-order valence-corrected chi connectivity index (χ3v) is 3.61. The smallest absolute Gasteiger partial charge is 0.298 e. The molecule has 0 bridgehead atoms. The highest BCUT2D eigenvalue weighted by molar-refractivity contribution is 6.10. The van der Waals surface area contributed by atoms with Crippen molar-refractivity contribution in [3.8, 4) is 0 Å². The zero-order chi connectivity index (χ0) is 20.1. The number of rotatable bonds is 5. The third-order valence-electron chi connectivity index (χ3n) is 3.61. The molecule has 1 aliphatic heterocycles. The Morgan fingerprint density at radius 3 is 2.14 bits per heavy atom. The van der Waals surface area contributed by atoms with Gasteiger partial charge in [-0.3, -0.25) is 4.79 Å². The van der Waals surface area contributed by atoms with Gasteiger partial charge in [0.15, 0.2) is 12.0 Å². The monoisotopic (exact) mass is 414 g/mol. The predicted octanol–water partition coefficient (Wildman–Crippen LogP) is 2.96. The number of hydrogen-bond acceptors (Lipinski definition) is 8. The summed E-state index contributed by atoms with van der Waals surface area (Å²) in [5.41, 5.74) is 19.0. The minimum atomic E-state index is -0.859. The topological polar surface area (TPSA) is 173 Å². The van der Waals surface area contributed by atoms with Crippen molar-refractivity contribution in [2.45, 2.75) is 13.0 Å². The van der Waals surface area contributed by atoms with E-state index < -0.39 is 11.9 Å². The van der Waals surface area contributed by atoms with Crippen molar-refractivity contribution in [2.75, 3.05) is 5.73 Å².